The Morgan fingerprint density at radius 2 is 1.57 bits per heavy atom. The molecule has 1 rings (SSSR count). The third-order valence-corrected chi connectivity index (χ3v) is 6.04. The molecule has 0 radical (unpaired) electrons. The fourth-order valence-corrected chi connectivity index (χ4v) is 4.05. The molecule has 3 N–H and O–H groups in total. The number of nitrogens with one attached hydrogen (secondary N) is 1. The molecule has 2 atom stereocenters. The van der Waals surface area contributed by atoms with Crippen molar-refractivity contribution in [1.29, 1.82) is 0 Å². The van der Waals surface area contributed by atoms with E-state index in [2.05, 4.69) is 32.4 Å². The smallest absolute Gasteiger partial charge is 0.240 e. The van der Waals surface area contributed by atoms with Crippen LogP contribution < -0.4 is 10.5 Å². The molecule has 0 saturated carbocycles. The molecule has 4 nitrogen and oxygen atoms in total. The number of rotatable bonds is 9. The van der Waals surface area contributed by atoms with E-state index < -0.39 is 10.0 Å². The van der Waals surface area contributed by atoms with Gasteiger partial charge in [0.25, 0.3) is 0 Å². The van der Waals surface area contributed by atoms with E-state index in [0.717, 1.165) is 18.4 Å². The van der Waals surface area contributed by atoms with Gasteiger partial charge in [-0.2, -0.15) is 0 Å². The standard InChI is InChI=1S/C18H32N2O2S/c1-13(2)16(12-19)8-11-18(14(3)4)20-23(21,22)17-9-6-15(5)7-10-17/h6-7,9-10,13-14,16,18,20H,8,11-12,19H2,1-5H3/t16-,18-/m1/s1. The topological polar surface area (TPSA) is 72.2 Å². The highest BCUT2D eigenvalue weighted by Gasteiger charge is 2.23. The minimum atomic E-state index is -3.48. The average molecular weight is 341 g/mol. The predicted molar refractivity (Wildman–Crippen MR) is 96.7 cm³/mol. The Balaban J connectivity index is 2.80. The molecule has 1 aromatic carbocycles. The van der Waals surface area contributed by atoms with Gasteiger partial charge in [-0.05, 0) is 56.2 Å². The van der Waals surface area contributed by atoms with E-state index in [0.29, 0.717) is 23.3 Å². The number of aryl methyl sites for hydroxylation is 1. The second-order valence-corrected chi connectivity index (χ2v) is 8.82. The molecule has 0 saturated heterocycles. The van der Waals surface area contributed by atoms with Crippen molar-refractivity contribution in [3.8, 4) is 0 Å². The summed E-state index contributed by atoms with van der Waals surface area (Å²) in [6, 6.07) is 6.89. The highest BCUT2D eigenvalue weighted by Crippen LogP contribution is 2.21. The fourth-order valence-electron chi connectivity index (χ4n) is 2.63. The van der Waals surface area contributed by atoms with Crippen molar-refractivity contribution in [3.05, 3.63) is 29.8 Å². The van der Waals surface area contributed by atoms with Gasteiger partial charge >= 0.3 is 0 Å². The third-order valence-electron chi connectivity index (χ3n) is 4.54. The molecule has 0 bridgehead atoms. The maximum atomic E-state index is 12.6. The van der Waals surface area contributed by atoms with Crippen molar-refractivity contribution in [3.63, 3.8) is 0 Å². The fraction of sp³-hybridized carbons (Fsp3) is 0.667. The van der Waals surface area contributed by atoms with Gasteiger partial charge in [-0.1, -0.05) is 45.4 Å². The van der Waals surface area contributed by atoms with Crippen LogP contribution in [0.25, 0.3) is 0 Å². The lowest BCUT2D eigenvalue weighted by molar-refractivity contribution is 0.319. The highest BCUT2D eigenvalue weighted by molar-refractivity contribution is 7.89. The van der Waals surface area contributed by atoms with Crippen molar-refractivity contribution in [2.45, 2.75) is 58.4 Å². The number of nitrogens with two attached hydrogens (primary N) is 1. The largest absolute Gasteiger partial charge is 0.330 e. The summed E-state index contributed by atoms with van der Waals surface area (Å²) in [7, 11) is -3.48. The summed E-state index contributed by atoms with van der Waals surface area (Å²) in [5.41, 5.74) is 6.88. The van der Waals surface area contributed by atoms with E-state index in [4.69, 9.17) is 5.73 Å². The second-order valence-electron chi connectivity index (χ2n) is 7.10. The summed E-state index contributed by atoms with van der Waals surface area (Å²) in [6.45, 7) is 11.0. The van der Waals surface area contributed by atoms with Crippen molar-refractivity contribution >= 4 is 10.0 Å². The van der Waals surface area contributed by atoms with Gasteiger partial charge in [-0.25, -0.2) is 13.1 Å². The first-order valence-electron chi connectivity index (χ1n) is 8.46. The summed E-state index contributed by atoms with van der Waals surface area (Å²) in [5, 5.41) is 0. The summed E-state index contributed by atoms with van der Waals surface area (Å²) < 4.78 is 28.0. The van der Waals surface area contributed by atoms with Crippen LogP contribution in [0, 0.1) is 24.7 Å². The minimum absolute atomic E-state index is 0.0749. The minimum Gasteiger partial charge on any atom is -0.330 e. The maximum Gasteiger partial charge on any atom is 0.240 e. The molecule has 132 valence electrons. The molecule has 0 amide bonds. The Labute approximate surface area is 141 Å². The highest BCUT2D eigenvalue weighted by atomic mass is 32.2. The molecule has 0 aliphatic rings. The second kappa shape index (κ2) is 8.81. The monoisotopic (exact) mass is 340 g/mol. The maximum absolute atomic E-state index is 12.6. The van der Waals surface area contributed by atoms with Crippen molar-refractivity contribution < 1.29 is 8.42 Å². The molecular weight excluding hydrogens is 308 g/mol. The van der Waals surface area contributed by atoms with Crippen LogP contribution in [0.15, 0.2) is 29.2 Å². The predicted octanol–water partition coefficient (Wildman–Crippen LogP) is 3.31. The van der Waals surface area contributed by atoms with Crippen molar-refractivity contribution in [2.24, 2.45) is 23.5 Å². The normalized spacial score (nSPS) is 15.1. The van der Waals surface area contributed by atoms with Gasteiger partial charge in [0.15, 0.2) is 0 Å². The lowest BCUT2D eigenvalue weighted by Crippen LogP contribution is -2.39. The number of sulfonamides is 1. The van der Waals surface area contributed by atoms with Crippen LogP contribution in [0.1, 0.15) is 46.1 Å². The Morgan fingerprint density at radius 3 is 2.00 bits per heavy atom. The summed E-state index contributed by atoms with van der Waals surface area (Å²) in [6.07, 6.45) is 1.75. The zero-order valence-electron chi connectivity index (χ0n) is 15.0. The lowest BCUT2D eigenvalue weighted by atomic mass is 9.88. The molecule has 1 aromatic rings. The van der Waals surface area contributed by atoms with Crippen molar-refractivity contribution in [1.82, 2.24) is 4.72 Å². The first kappa shape index (κ1) is 20.1. The molecule has 5 heteroatoms. The van der Waals surface area contributed by atoms with E-state index in [1.165, 1.54) is 0 Å². The Hall–Kier alpha value is -0.910. The zero-order chi connectivity index (χ0) is 17.6. The lowest BCUT2D eigenvalue weighted by Gasteiger charge is -2.26. The van der Waals surface area contributed by atoms with Gasteiger partial charge in [0.1, 0.15) is 0 Å². The molecule has 0 unspecified atom stereocenters. The molecular formula is C18H32N2O2S. The Bertz CT molecular complexity index is 565. The molecule has 0 fully saturated rings. The Morgan fingerprint density at radius 1 is 1.00 bits per heavy atom. The van der Waals surface area contributed by atoms with E-state index >= 15 is 0 Å². The number of benzene rings is 1. The average Bonchev–Trinajstić information content (AvgIpc) is 2.46. The van der Waals surface area contributed by atoms with E-state index in [9.17, 15) is 8.42 Å². The van der Waals surface area contributed by atoms with Crippen LogP contribution in [-0.2, 0) is 10.0 Å². The zero-order valence-corrected chi connectivity index (χ0v) is 15.9. The first-order valence-corrected chi connectivity index (χ1v) is 9.94. The van der Waals surface area contributed by atoms with Crippen LogP contribution in [0.4, 0.5) is 0 Å². The van der Waals surface area contributed by atoms with Crippen LogP contribution in [-0.4, -0.2) is 21.0 Å². The van der Waals surface area contributed by atoms with Gasteiger partial charge in [0, 0.05) is 6.04 Å². The number of hydrogen-bond donors (Lipinski definition) is 2. The van der Waals surface area contributed by atoms with Crippen LogP contribution in [0.2, 0.25) is 0 Å². The van der Waals surface area contributed by atoms with Gasteiger partial charge in [0.05, 0.1) is 4.90 Å². The molecule has 23 heavy (non-hydrogen) atoms. The van der Waals surface area contributed by atoms with Crippen LogP contribution in [0.5, 0.6) is 0 Å². The van der Waals surface area contributed by atoms with Crippen LogP contribution in [0.3, 0.4) is 0 Å². The summed E-state index contributed by atoms with van der Waals surface area (Å²) >= 11 is 0. The Kier molecular flexibility index (Phi) is 7.71. The molecule has 0 spiro atoms. The van der Waals surface area contributed by atoms with E-state index in [1.54, 1.807) is 12.1 Å². The quantitative estimate of drug-likeness (QED) is 0.724. The van der Waals surface area contributed by atoms with Gasteiger partial charge in [0.2, 0.25) is 10.0 Å². The van der Waals surface area contributed by atoms with E-state index in [1.807, 2.05) is 19.1 Å². The van der Waals surface area contributed by atoms with Crippen LogP contribution >= 0.6 is 0 Å². The third kappa shape index (κ3) is 6.24. The SMILES string of the molecule is Cc1ccc(S(=O)(=O)N[C@H](CC[C@H](CN)C(C)C)C(C)C)cc1. The summed E-state index contributed by atoms with van der Waals surface area (Å²) in [4.78, 5) is 0.327. The molecule has 0 heterocycles. The first-order chi connectivity index (χ1) is 10.7. The van der Waals surface area contributed by atoms with Gasteiger partial charge in [-0.15, -0.1) is 0 Å². The van der Waals surface area contributed by atoms with Gasteiger partial charge in [-0.3, -0.25) is 0 Å². The molecule has 0 aliphatic carbocycles. The number of hydrogen-bond acceptors (Lipinski definition) is 3. The molecule has 0 aliphatic heterocycles. The molecule has 0 aromatic heterocycles. The van der Waals surface area contributed by atoms with E-state index in [-0.39, 0.29) is 12.0 Å². The van der Waals surface area contributed by atoms with Crippen molar-refractivity contribution in [2.75, 3.05) is 6.54 Å². The summed E-state index contributed by atoms with van der Waals surface area (Å²) in [5.74, 6) is 1.18. The van der Waals surface area contributed by atoms with Gasteiger partial charge < -0.3 is 5.73 Å².